The van der Waals surface area contributed by atoms with Crippen LogP contribution in [-0.2, 0) is 0 Å². The Kier molecular flexibility index (Phi) is 3.05. The summed E-state index contributed by atoms with van der Waals surface area (Å²) in [7, 11) is 0. The Balaban J connectivity index is 1.91. The third-order valence-electron chi connectivity index (χ3n) is 4.48. The van der Waals surface area contributed by atoms with Gasteiger partial charge in [-0.05, 0) is 43.7 Å². The number of hydrogen-bond donors (Lipinski definition) is 1. The normalized spacial score (nSPS) is 30.9. The Morgan fingerprint density at radius 1 is 1.30 bits per heavy atom. The van der Waals surface area contributed by atoms with E-state index in [1.807, 2.05) is 0 Å². The number of nitrogens with zero attached hydrogens (tertiary/aromatic N) is 2. The molecule has 1 atom stereocenters. The summed E-state index contributed by atoms with van der Waals surface area (Å²) in [5, 5.41) is 5.93. The number of rotatable bonds is 1. The molecule has 0 aromatic heterocycles. The molecular formula is C16H23N3S. The van der Waals surface area contributed by atoms with Crippen LogP contribution in [0.25, 0.3) is 0 Å². The first kappa shape index (κ1) is 13.8. The van der Waals surface area contributed by atoms with Crippen LogP contribution in [0.1, 0.15) is 34.6 Å². The third kappa shape index (κ3) is 2.20. The average Bonchev–Trinajstić information content (AvgIpc) is 2.59. The van der Waals surface area contributed by atoms with E-state index in [4.69, 9.17) is 4.99 Å². The molecule has 0 fully saturated rings. The van der Waals surface area contributed by atoms with Gasteiger partial charge in [0.1, 0.15) is 5.03 Å². The van der Waals surface area contributed by atoms with Crippen molar-refractivity contribution in [1.82, 2.24) is 10.2 Å². The Labute approximate surface area is 125 Å². The Bertz CT molecular complexity index is 554. The molecule has 3 aliphatic heterocycles. The maximum absolute atomic E-state index is 4.81. The van der Waals surface area contributed by atoms with Crippen LogP contribution < -0.4 is 5.32 Å². The minimum atomic E-state index is -0.0975. The zero-order valence-corrected chi connectivity index (χ0v) is 13.7. The molecule has 0 radical (unpaired) electrons. The van der Waals surface area contributed by atoms with Gasteiger partial charge in [-0.1, -0.05) is 26.8 Å². The van der Waals surface area contributed by atoms with Gasteiger partial charge in [0.15, 0.2) is 5.17 Å². The topological polar surface area (TPSA) is 27.6 Å². The van der Waals surface area contributed by atoms with Crippen molar-refractivity contribution >= 4 is 16.9 Å². The number of thioether (sulfide) groups is 1. The lowest BCUT2D eigenvalue weighted by molar-refractivity contribution is 0.295. The average molecular weight is 289 g/mol. The van der Waals surface area contributed by atoms with Crippen LogP contribution in [0.4, 0.5) is 0 Å². The van der Waals surface area contributed by atoms with Gasteiger partial charge in [-0.15, -0.1) is 0 Å². The maximum Gasteiger partial charge on any atom is 0.175 e. The first-order valence-electron chi connectivity index (χ1n) is 7.24. The van der Waals surface area contributed by atoms with E-state index >= 15 is 0 Å². The molecule has 1 unspecified atom stereocenters. The van der Waals surface area contributed by atoms with Crippen LogP contribution in [0.2, 0.25) is 0 Å². The predicted octanol–water partition coefficient (Wildman–Crippen LogP) is 3.69. The van der Waals surface area contributed by atoms with Crippen molar-refractivity contribution in [2.45, 2.75) is 40.2 Å². The fourth-order valence-corrected chi connectivity index (χ4v) is 3.58. The van der Waals surface area contributed by atoms with Crippen molar-refractivity contribution in [2.75, 3.05) is 6.54 Å². The first-order chi connectivity index (χ1) is 9.31. The van der Waals surface area contributed by atoms with Crippen LogP contribution >= 0.6 is 11.8 Å². The maximum atomic E-state index is 4.81. The molecule has 0 aromatic carbocycles. The van der Waals surface area contributed by atoms with E-state index in [-0.39, 0.29) is 11.0 Å². The molecule has 108 valence electrons. The van der Waals surface area contributed by atoms with Gasteiger partial charge in [0.05, 0.1) is 11.2 Å². The molecule has 3 nitrogen and oxygen atoms in total. The van der Waals surface area contributed by atoms with Crippen LogP contribution in [-0.4, -0.2) is 22.2 Å². The quantitative estimate of drug-likeness (QED) is 0.798. The SMILES string of the molecule is CC(C)C1(C)C=CC2=C(NC1)SC1=NC(C)(C)C=CN12. The standard InChI is InChI=1S/C16H23N3S/c1-11(2)16(5)7-6-12-13(17-10-16)20-14-18-15(3,4)8-9-19(12)14/h6-9,11,17H,10H2,1-5H3. The zero-order valence-electron chi connectivity index (χ0n) is 12.9. The van der Waals surface area contributed by atoms with Gasteiger partial charge in [0.2, 0.25) is 0 Å². The largest absolute Gasteiger partial charge is 0.377 e. The Morgan fingerprint density at radius 2 is 2.05 bits per heavy atom. The molecule has 20 heavy (non-hydrogen) atoms. The molecular weight excluding hydrogens is 266 g/mol. The van der Waals surface area contributed by atoms with Crippen molar-refractivity contribution in [1.29, 1.82) is 0 Å². The Hall–Kier alpha value is -1.16. The van der Waals surface area contributed by atoms with E-state index in [1.54, 1.807) is 11.8 Å². The minimum Gasteiger partial charge on any atom is -0.377 e. The van der Waals surface area contributed by atoms with Crippen LogP contribution in [0.3, 0.4) is 0 Å². The van der Waals surface area contributed by atoms with Gasteiger partial charge >= 0.3 is 0 Å². The first-order valence-corrected chi connectivity index (χ1v) is 8.06. The summed E-state index contributed by atoms with van der Waals surface area (Å²) in [6.07, 6.45) is 8.92. The molecule has 0 bridgehead atoms. The van der Waals surface area contributed by atoms with E-state index < -0.39 is 0 Å². The lowest BCUT2D eigenvalue weighted by Crippen LogP contribution is -2.32. The van der Waals surface area contributed by atoms with Crippen molar-refractivity contribution in [3.8, 4) is 0 Å². The molecule has 3 heterocycles. The second kappa shape index (κ2) is 4.42. The summed E-state index contributed by atoms with van der Waals surface area (Å²) in [6.45, 7) is 12.1. The molecule has 3 rings (SSSR count). The van der Waals surface area contributed by atoms with Crippen LogP contribution in [0.15, 0.2) is 40.1 Å². The lowest BCUT2D eigenvalue weighted by atomic mass is 9.79. The van der Waals surface area contributed by atoms with E-state index in [1.165, 1.54) is 10.7 Å². The fraction of sp³-hybridized carbons (Fsp3) is 0.562. The van der Waals surface area contributed by atoms with Crippen molar-refractivity contribution < 1.29 is 0 Å². The zero-order chi connectivity index (χ0) is 14.5. The molecule has 0 amide bonds. The van der Waals surface area contributed by atoms with Gasteiger partial charge in [-0.25, -0.2) is 0 Å². The summed E-state index contributed by atoms with van der Waals surface area (Å²) in [5.41, 5.74) is 1.32. The van der Waals surface area contributed by atoms with E-state index in [0.29, 0.717) is 5.92 Å². The number of fused-ring (bicyclic) bond motifs is 2. The number of nitrogens with one attached hydrogen (secondary N) is 1. The smallest absolute Gasteiger partial charge is 0.175 e. The van der Waals surface area contributed by atoms with Gasteiger partial charge in [0.25, 0.3) is 0 Å². The summed E-state index contributed by atoms with van der Waals surface area (Å²) in [6, 6.07) is 0. The van der Waals surface area contributed by atoms with Gasteiger partial charge < -0.3 is 5.32 Å². The van der Waals surface area contributed by atoms with Crippen molar-refractivity contribution in [3.63, 3.8) is 0 Å². The summed E-state index contributed by atoms with van der Waals surface area (Å²) in [4.78, 5) is 7.00. The highest BCUT2D eigenvalue weighted by Crippen LogP contribution is 2.41. The second-order valence-electron chi connectivity index (χ2n) is 6.90. The molecule has 0 spiro atoms. The molecule has 0 aromatic rings. The monoisotopic (exact) mass is 289 g/mol. The van der Waals surface area contributed by atoms with Crippen LogP contribution in [0, 0.1) is 11.3 Å². The highest BCUT2D eigenvalue weighted by molar-refractivity contribution is 8.17. The van der Waals surface area contributed by atoms with E-state index in [2.05, 4.69) is 69.3 Å². The number of allylic oxidation sites excluding steroid dienone is 1. The van der Waals surface area contributed by atoms with Crippen molar-refractivity contribution in [3.05, 3.63) is 35.2 Å². The molecule has 4 heteroatoms. The second-order valence-corrected chi connectivity index (χ2v) is 7.88. The van der Waals surface area contributed by atoms with Crippen molar-refractivity contribution in [2.24, 2.45) is 16.3 Å². The fourth-order valence-electron chi connectivity index (χ4n) is 2.44. The van der Waals surface area contributed by atoms with Gasteiger partial charge in [0, 0.05) is 18.2 Å². The lowest BCUT2D eigenvalue weighted by Gasteiger charge is -2.30. The highest BCUT2D eigenvalue weighted by Gasteiger charge is 2.36. The summed E-state index contributed by atoms with van der Waals surface area (Å²) < 4.78 is 0. The molecule has 0 aliphatic carbocycles. The van der Waals surface area contributed by atoms with Crippen LogP contribution in [0.5, 0.6) is 0 Å². The summed E-state index contributed by atoms with van der Waals surface area (Å²) in [5.74, 6) is 0.611. The number of hydrogen-bond acceptors (Lipinski definition) is 4. The third-order valence-corrected chi connectivity index (χ3v) is 5.51. The molecule has 0 saturated carbocycles. The van der Waals surface area contributed by atoms with E-state index in [0.717, 1.165) is 11.7 Å². The highest BCUT2D eigenvalue weighted by atomic mass is 32.2. The Morgan fingerprint density at radius 3 is 2.75 bits per heavy atom. The predicted molar refractivity (Wildman–Crippen MR) is 87.2 cm³/mol. The molecule has 1 N–H and O–H groups in total. The summed E-state index contributed by atoms with van der Waals surface area (Å²) >= 11 is 1.75. The minimum absolute atomic E-state index is 0.0975. The number of amidine groups is 1. The molecule has 0 saturated heterocycles. The van der Waals surface area contributed by atoms with E-state index in [9.17, 15) is 0 Å². The van der Waals surface area contributed by atoms with Gasteiger partial charge in [-0.3, -0.25) is 9.89 Å². The molecule has 3 aliphatic rings. The number of aliphatic imine (C=N–C) groups is 1. The van der Waals surface area contributed by atoms with Gasteiger partial charge in [-0.2, -0.15) is 0 Å².